The zero-order chi connectivity index (χ0) is 11.4. The van der Waals surface area contributed by atoms with Crippen LogP contribution in [0.15, 0.2) is 37.1 Å². The van der Waals surface area contributed by atoms with Gasteiger partial charge in [0.1, 0.15) is 12.1 Å². The van der Waals surface area contributed by atoms with E-state index in [-0.39, 0.29) is 0 Å². The lowest BCUT2D eigenvalue weighted by molar-refractivity contribution is 0.586. The van der Waals surface area contributed by atoms with Crippen molar-refractivity contribution >= 4 is 0 Å². The van der Waals surface area contributed by atoms with E-state index in [4.69, 9.17) is 0 Å². The zero-order valence-electron chi connectivity index (χ0n) is 9.59. The van der Waals surface area contributed by atoms with Crippen molar-refractivity contribution in [2.45, 2.75) is 26.4 Å². The Balaban J connectivity index is 2.24. The molecule has 0 aliphatic carbocycles. The van der Waals surface area contributed by atoms with Crippen molar-refractivity contribution in [3.63, 3.8) is 0 Å². The van der Waals surface area contributed by atoms with E-state index in [0.29, 0.717) is 6.04 Å². The monoisotopic (exact) mass is 216 g/mol. The molecule has 16 heavy (non-hydrogen) atoms. The first-order valence-electron chi connectivity index (χ1n) is 5.43. The van der Waals surface area contributed by atoms with E-state index in [9.17, 15) is 0 Å². The first-order chi connectivity index (χ1) is 7.77. The molecule has 2 heterocycles. The minimum atomic E-state index is 0.468. The molecule has 0 aliphatic heterocycles. The fourth-order valence-corrected chi connectivity index (χ4v) is 1.50. The highest BCUT2D eigenvalue weighted by Gasteiger charge is 2.05. The Labute approximate surface area is 95.4 Å². The number of hydrogen-bond donors (Lipinski definition) is 1. The quantitative estimate of drug-likeness (QED) is 0.847. The highest BCUT2D eigenvalue weighted by molar-refractivity contribution is 5.33. The molecule has 0 fully saturated rings. The summed E-state index contributed by atoms with van der Waals surface area (Å²) in [6.07, 6.45) is 7.23. The Hall–Kier alpha value is -1.68. The van der Waals surface area contributed by atoms with Gasteiger partial charge in [-0.05, 0) is 6.07 Å². The third-order valence-corrected chi connectivity index (χ3v) is 2.32. The molecule has 0 unspecified atom stereocenters. The van der Waals surface area contributed by atoms with Crippen LogP contribution in [0, 0.1) is 0 Å². The van der Waals surface area contributed by atoms with Crippen LogP contribution in [0.5, 0.6) is 0 Å². The molecule has 84 valence electrons. The van der Waals surface area contributed by atoms with Crippen molar-refractivity contribution in [2.24, 2.45) is 0 Å². The SMILES string of the molecule is CC(C)NCc1cccnc1-n1ccnc1. The van der Waals surface area contributed by atoms with Crippen molar-refractivity contribution in [1.29, 1.82) is 0 Å². The fourth-order valence-electron chi connectivity index (χ4n) is 1.50. The Kier molecular flexibility index (Phi) is 3.31. The standard InChI is InChI=1S/C12H16N4/c1-10(2)15-8-11-4-3-5-14-12(11)16-7-6-13-9-16/h3-7,9-10,15H,8H2,1-2H3. The molecule has 0 radical (unpaired) electrons. The van der Waals surface area contributed by atoms with E-state index >= 15 is 0 Å². The molecule has 2 aromatic rings. The van der Waals surface area contributed by atoms with Crippen LogP contribution in [0.3, 0.4) is 0 Å². The Bertz CT molecular complexity index is 434. The average molecular weight is 216 g/mol. The van der Waals surface area contributed by atoms with Gasteiger partial charge < -0.3 is 5.32 Å². The minimum absolute atomic E-state index is 0.468. The first-order valence-corrected chi connectivity index (χ1v) is 5.43. The second kappa shape index (κ2) is 4.90. The molecular formula is C12H16N4. The van der Waals surface area contributed by atoms with Gasteiger partial charge in [0.05, 0.1) is 0 Å². The van der Waals surface area contributed by atoms with Crippen LogP contribution in [-0.2, 0) is 6.54 Å². The van der Waals surface area contributed by atoms with Gasteiger partial charge in [0.25, 0.3) is 0 Å². The van der Waals surface area contributed by atoms with E-state index in [0.717, 1.165) is 12.4 Å². The Morgan fingerprint density at radius 2 is 2.25 bits per heavy atom. The summed E-state index contributed by atoms with van der Waals surface area (Å²) in [6.45, 7) is 5.08. The number of hydrogen-bond acceptors (Lipinski definition) is 3. The molecule has 0 aromatic carbocycles. The number of rotatable bonds is 4. The second-order valence-corrected chi connectivity index (χ2v) is 3.99. The van der Waals surface area contributed by atoms with Gasteiger partial charge in [-0.15, -0.1) is 0 Å². The molecule has 0 amide bonds. The van der Waals surface area contributed by atoms with Gasteiger partial charge in [0, 0.05) is 36.7 Å². The van der Waals surface area contributed by atoms with Crippen molar-refractivity contribution in [3.8, 4) is 5.82 Å². The van der Waals surface area contributed by atoms with Crippen LogP contribution in [0.1, 0.15) is 19.4 Å². The van der Waals surface area contributed by atoms with Gasteiger partial charge in [-0.25, -0.2) is 9.97 Å². The van der Waals surface area contributed by atoms with E-state index in [2.05, 4.69) is 35.2 Å². The third kappa shape index (κ3) is 2.46. The van der Waals surface area contributed by atoms with Crippen LogP contribution < -0.4 is 5.32 Å². The normalized spacial score (nSPS) is 10.9. The zero-order valence-corrected chi connectivity index (χ0v) is 9.59. The Morgan fingerprint density at radius 1 is 1.38 bits per heavy atom. The maximum absolute atomic E-state index is 4.38. The van der Waals surface area contributed by atoms with Gasteiger partial charge in [-0.2, -0.15) is 0 Å². The van der Waals surface area contributed by atoms with Crippen LogP contribution in [0.25, 0.3) is 5.82 Å². The molecule has 4 nitrogen and oxygen atoms in total. The van der Waals surface area contributed by atoms with Crippen LogP contribution in [0.4, 0.5) is 0 Å². The summed E-state index contributed by atoms with van der Waals surface area (Å²) in [5, 5.41) is 3.39. The summed E-state index contributed by atoms with van der Waals surface area (Å²) < 4.78 is 1.93. The summed E-state index contributed by atoms with van der Waals surface area (Å²) in [7, 11) is 0. The highest BCUT2D eigenvalue weighted by Crippen LogP contribution is 2.10. The lowest BCUT2D eigenvalue weighted by Crippen LogP contribution is -2.22. The third-order valence-electron chi connectivity index (χ3n) is 2.32. The molecule has 1 N–H and O–H groups in total. The summed E-state index contributed by atoms with van der Waals surface area (Å²) in [5.74, 6) is 0.938. The second-order valence-electron chi connectivity index (χ2n) is 3.99. The van der Waals surface area contributed by atoms with Crippen molar-refractivity contribution in [1.82, 2.24) is 19.9 Å². The summed E-state index contributed by atoms with van der Waals surface area (Å²) in [4.78, 5) is 8.42. The smallest absolute Gasteiger partial charge is 0.142 e. The van der Waals surface area contributed by atoms with Crippen LogP contribution >= 0.6 is 0 Å². The largest absolute Gasteiger partial charge is 0.310 e. The molecule has 0 saturated heterocycles. The topological polar surface area (TPSA) is 42.7 Å². The molecule has 0 spiro atoms. The van der Waals surface area contributed by atoms with Gasteiger partial charge in [0.15, 0.2) is 0 Å². The maximum atomic E-state index is 4.38. The van der Waals surface area contributed by atoms with E-state index < -0.39 is 0 Å². The maximum Gasteiger partial charge on any atom is 0.142 e. The van der Waals surface area contributed by atoms with Crippen molar-refractivity contribution in [2.75, 3.05) is 0 Å². The van der Waals surface area contributed by atoms with E-state index in [1.807, 2.05) is 16.8 Å². The van der Waals surface area contributed by atoms with E-state index in [1.165, 1.54) is 5.56 Å². The molecule has 4 heteroatoms. The Morgan fingerprint density at radius 3 is 2.94 bits per heavy atom. The lowest BCUT2D eigenvalue weighted by Gasteiger charge is -2.11. The molecule has 0 atom stereocenters. The molecule has 2 rings (SSSR count). The molecule has 0 saturated carbocycles. The van der Waals surface area contributed by atoms with Crippen molar-refractivity contribution < 1.29 is 0 Å². The van der Waals surface area contributed by atoms with Crippen LogP contribution in [0.2, 0.25) is 0 Å². The molecular weight excluding hydrogens is 200 g/mol. The first kappa shape index (κ1) is 10.8. The fraction of sp³-hybridized carbons (Fsp3) is 0.333. The average Bonchev–Trinajstić information content (AvgIpc) is 2.80. The number of aromatic nitrogens is 3. The van der Waals surface area contributed by atoms with Gasteiger partial charge >= 0.3 is 0 Å². The molecule has 2 aromatic heterocycles. The summed E-state index contributed by atoms with van der Waals surface area (Å²) in [5.41, 5.74) is 1.18. The van der Waals surface area contributed by atoms with Crippen LogP contribution in [-0.4, -0.2) is 20.6 Å². The van der Waals surface area contributed by atoms with Gasteiger partial charge in [-0.3, -0.25) is 4.57 Å². The lowest BCUT2D eigenvalue weighted by atomic mass is 10.2. The molecule has 0 bridgehead atoms. The number of nitrogens with one attached hydrogen (secondary N) is 1. The number of nitrogens with zero attached hydrogens (tertiary/aromatic N) is 3. The predicted molar refractivity (Wildman–Crippen MR) is 63.3 cm³/mol. The minimum Gasteiger partial charge on any atom is -0.310 e. The molecule has 0 aliphatic rings. The predicted octanol–water partition coefficient (Wildman–Crippen LogP) is 1.77. The number of pyridine rings is 1. The highest BCUT2D eigenvalue weighted by atomic mass is 15.1. The van der Waals surface area contributed by atoms with Gasteiger partial charge in [-0.1, -0.05) is 19.9 Å². The van der Waals surface area contributed by atoms with E-state index in [1.54, 1.807) is 18.7 Å². The van der Waals surface area contributed by atoms with Crippen molar-refractivity contribution in [3.05, 3.63) is 42.6 Å². The number of imidazole rings is 1. The summed E-state index contributed by atoms with van der Waals surface area (Å²) >= 11 is 0. The van der Waals surface area contributed by atoms with Gasteiger partial charge in [0.2, 0.25) is 0 Å². The summed E-state index contributed by atoms with van der Waals surface area (Å²) in [6, 6.07) is 4.51.